The van der Waals surface area contributed by atoms with Crippen molar-refractivity contribution in [1.29, 1.82) is 0 Å². The highest BCUT2D eigenvalue weighted by atomic mass is 16.3. The fraction of sp³-hybridized carbons (Fsp3) is 0.929. The summed E-state index contributed by atoms with van der Waals surface area (Å²) in [5.41, 5.74) is -0.146. The Labute approximate surface area is 110 Å². The molecule has 4 heteroatoms. The SMILES string of the molecule is CCC1(C(=O)N2CCC(O)C(C)C2)CCNCC1. The van der Waals surface area contributed by atoms with Crippen LogP contribution in [0, 0.1) is 11.3 Å². The summed E-state index contributed by atoms with van der Waals surface area (Å²) in [5, 5.41) is 13.1. The second-order valence-corrected chi connectivity index (χ2v) is 5.97. The van der Waals surface area contributed by atoms with E-state index in [0.717, 1.165) is 51.9 Å². The molecule has 0 aliphatic carbocycles. The molecule has 2 aliphatic rings. The highest BCUT2D eigenvalue weighted by Crippen LogP contribution is 2.35. The maximum absolute atomic E-state index is 12.8. The van der Waals surface area contributed by atoms with Crippen molar-refractivity contribution in [3.8, 4) is 0 Å². The summed E-state index contributed by atoms with van der Waals surface area (Å²) in [6, 6.07) is 0. The van der Waals surface area contributed by atoms with E-state index in [1.165, 1.54) is 0 Å². The van der Waals surface area contributed by atoms with Crippen molar-refractivity contribution < 1.29 is 9.90 Å². The molecule has 0 aromatic rings. The van der Waals surface area contributed by atoms with Gasteiger partial charge in [0.1, 0.15) is 0 Å². The minimum absolute atomic E-state index is 0.146. The molecule has 1 amide bonds. The van der Waals surface area contributed by atoms with Crippen molar-refractivity contribution in [2.45, 2.75) is 45.6 Å². The van der Waals surface area contributed by atoms with Crippen molar-refractivity contribution >= 4 is 5.91 Å². The summed E-state index contributed by atoms with van der Waals surface area (Å²) >= 11 is 0. The highest BCUT2D eigenvalue weighted by molar-refractivity contribution is 5.83. The van der Waals surface area contributed by atoms with Gasteiger partial charge in [-0.2, -0.15) is 0 Å². The molecule has 0 radical (unpaired) electrons. The normalized spacial score (nSPS) is 32.3. The quantitative estimate of drug-likeness (QED) is 0.773. The summed E-state index contributed by atoms with van der Waals surface area (Å²) in [4.78, 5) is 14.8. The minimum Gasteiger partial charge on any atom is -0.393 e. The van der Waals surface area contributed by atoms with Crippen LogP contribution < -0.4 is 5.32 Å². The van der Waals surface area contributed by atoms with Crippen LogP contribution in [-0.4, -0.2) is 48.2 Å². The van der Waals surface area contributed by atoms with Crippen LogP contribution in [0.5, 0.6) is 0 Å². The summed E-state index contributed by atoms with van der Waals surface area (Å²) in [6.45, 7) is 7.50. The van der Waals surface area contributed by atoms with Gasteiger partial charge in [0, 0.05) is 13.1 Å². The lowest BCUT2D eigenvalue weighted by Gasteiger charge is -2.43. The van der Waals surface area contributed by atoms with Crippen LogP contribution in [0.25, 0.3) is 0 Å². The number of piperidine rings is 2. The van der Waals surface area contributed by atoms with Crippen LogP contribution in [0.2, 0.25) is 0 Å². The molecule has 2 unspecified atom stereocenters. The summed E-state index contributed by atoms with van der Waals surface area (Å²) in [5.74, 6) is 0.531. The van der Waals surface area contributed by atoms with Crippen LogP contribution in [0.3, 0.4) is 0 Å². The number of nitrogens with zero attached hydrogens (tertiary/aromatic N) is 1. The van der Waals surface area contributed by atoms with E-state index in [2.05, 4.69) is 12.2 Å². The Kier molecular flexibility index (Phi) is 4.28. The smallest absolute Gasteiger partial charge is 0.228 e. The molecule has 2 atom stereocenters. The van der Waals surface area contributed by atoms with Gasteiger partial charge in [0.25, 0.3) is 0 Å². The van der Waals surface area contributed by atoms with E-state index in [-0.39, 0.29) is 17.4 Å². The number of carbonyl (C=O) groups is 1. The number of carbonyl (C=O) groups excluding carboxylic acids is 1. The second-order valence-electron chi connectivity index (χ2n) is 5.97. The van der Waals surface area contributed by atoms with Gasteiger partial charge in [0.15, 0.2) is 0 Å². The predicted molar refractivity (Wildman–Crippen MR) is 71.2 cm³/mol. The Hall–Kier alpha value is -0.610. The van der Waals surface area contributed by atoms with Gasteiger partial charge in [-0.25, -0.2) is 0 Å². The summed E-state index contributed by atoms with van der Waals surface area (Å²) in [7, 11) is 0. The fourth-order valence-corrected chi connectivity index (χ4v) is 3.28. The molecule has 2 heterocycles. The zero-order valence-corrected chi connectivity index (χ0v) is 11.6. The molecular weight excluding hydrogens is 228 g/mol. The van der Waals surface area contributed by atoms with E-state index in [1.54, 1.807) is 0 Å². The number of hydrogen-bond acceptors (Lipinski definition) is 3. The van der Waals surface area contributed by atoms with E-state index in [9.17, 15) is 9.90 Å². The molecule has 0 bridgehead atoms. The molecule has 0 aromatic carbocycles. The zero-order valence-electron chi connectivity index (χ0n) is 11.6. The molecule has 18 heavy (non-hydrogen) atoms. The first-order valence-electron chi connectivity index (χ1n) is 7.27. The number of rotatable bonds is 2. The molecule has 104 valence electrons. The molecule has 0 saturated carbocycles. The Morgan fingerprint density at radius 3 is 2.67 bits per heavy atom. The van der Waals surface area contributed by atoms with Crippen LogP contribution in [0.4, 0.5) is 0 Å². The third-order valence-corrected chi connectivity index (χ3v) is 4.84. The van der Waals surface area contributed by atoms with E-state index >= 15 is 0 Å². The van der Waals surface area contributed by atoms with E-state index in [1.807, 2.05) is 11.8 Å². The maximum Gasteiger partial charge on any atom is 0.228 e. The van der Waals surface area contributed by atoms with Crippen molar-refractivity contribution in [3.05, 3.63) is 0 Å². The minimum atomic E-state index is -0.236. The Bertz CT molecular complexity index is 300. The van der Waals surface area contributed by atoms with E-state index in [0.29, 0.717) is 5.91 Å². The van der Waals surface area contributed by atoms with Crippen molar-refractivity contribution in [2.24, 2.45) is 11.3 Å². The Morgan fingerprint density at radius 1 is 1.44 bits per heavy atom. The highest BCUT2D eigenvalue weighted by Gasteiger charge is 2.41. The third kappa shape index (κ3) is 2.54. The average Bonchev–Trinajstić information content (AvgIpc) is 2.42. The molecule has 2 rings (SSSR count). The zero-order chi connectivity index (χ0) is 13.2. The van der Waals surface area contributed by atoms with Gasteiger partial charge in [0.05, 0.1) is 11.5 Å². The van der Waals surface area contributed by atoms with Crippen LogP contribution >= 0.6 is 0 Å². The molecule has 0 spiro atoms. The summed E-state index contributed by atoms with van der Waals surface area (Å²) in [6.07, 6.45) is 3.33. The van der Waals surface area contributed by atoms with Gasteiger partial charge in [-0.3, -0.25) is 4.79 Å². The number of amides is 1. The largest absolute Gasteiger partial charge is 0.393 e. The number of aliphatic hydroxyl groups excluding tert-OH is 1. The first kappa shape index (κ1) is 13.8. The number of nitrogens with one attached hydrogen (secondary N) is 1. The van der Waals surface area contributed by atoms with Gasteiger partial charge in [-0.15, -0.1) is 0 Å². The van der Waals surface area contributed by atoms with Gasteiger partial charge in [-0.05, 0) is 44.7 Å². The molecule has 2 aliphatic heterocycles. The first-order valence-corrected chi connectivity index (χ1v) is 7.27. The van der Waals surface area contributed by atoms with Gasteiger partial charge < -0.3 is 15.3 Å². The number of aliphatic hydroxyl groups is 1. The molecule has 2 N–H and O–H groups in total. The van der Waals surface area contributed by atoms with Crippen molar-refractivity contribution in [1.82, 2.24) is 10.2 Å². The second kappa shape index (κ2) is 5.57. The summed E-state index contributed by atoms with van der Waals surface area (Å²) < 4.78 is 0. The average molecular weight is 254 g/mol. The molecular formula is C14H26N2O2. The van der Waals surface area contributed by atoms with Crippen LogP contribution in [-0.2, 0) is 4.79 Å². The molecule has 2 fully saturated rings. The molecule has 4 nitrogen and oxygen atoms in total. The van der Waals surface area contributed by atoms with Crippen LogP contribution in [0.15, 0.2) is 0 Å². The first-order chi connectivity index (χ1) is 8.59. The topological polar surface area (TPSA) is 52.6 Å². The standard InChI is InChI=1S/C14H26N2O2/c1-3-14(5-7-15-8-6-14)13(18)16-9-4-12(17)11(2)10-16/h11-12,15,17H,3-10H2,1-2H3. The Morgan fingerprint density at radius 2 is 2.11 bits per heavy atom. The van der Waals surface area contributed by atoms with Gasteiger partial charge in [-0.1, -0.05) is 13.8 Å². The molecule has 2 saturated heterocycles. The van der Waals surface area contributed by atoms with Gasteiger partial charge >= 0.3 is 0 Å². The van der Waals surface area contributed by atoms with Crippen molar-refractivity contribution in [2.75, 3.05) is 26.2 Å². The molecule has 0 aromatic heterocycles. The van der Waals surface area contributed by atoms with Crippen LogP contribution in [0.1, 0.15) is 39.5 Å². The lowest BCUT2D eigenvalue weighted by atomic mass is 9.75. The number of likely N-dealkylation sites (tertiary alicyclic amines) is 1. The van der Waals surface area contributed by atoms with E-state index < -0.39 is 0 Å². The van der Waals surface area contributed by atoms with Crippen molar-refractivity contribution in [3.63, 3.8) is 0 Å². The maximum atomic E-state index is 12.8. The Balaban J connectivity index is 2.05. The monoisotopic (exact) mass is 254 g/mol. The predicted octanol–water partition coefficient (Wildman–Crippen LogP) is 0.995. The lowest BCUT2D eigenvalue weighted by molar-refractivity contribution is -0.147. The number of hydrogen-bond donors (Lipinski definition) is 2. The fourth-order valence-electron chi connectivity index (χ4n) is 3.28. The van der Waals surface area contributed by atoms with Gasteiger partial charge in [0.2, 0.25) is 5.91 Å². The lowest BCUT2D eigenvalue weighted by Crippen LogP contribution is -2.53. The third-order valence-electron chi connectivity index (χ3n) is 4.84. The van der Waals surface area contributed by atoms with E-state index in [4.69, 9.17) is 0 Å².